The maximum absolute atomic E-state index is 12.5. The lowest BCUT2D eigenvalue weighted by Crippen LogP contribution is -2.57. The summed E-state index contributed by atoms with van der Waals surface area (Å²) in [6, 6.07) is 0. The Balaban J connectivity index is 1.68. The lowest BCUT2D eigenvalue weighted by Gasteiger charge is -2.62. The summed E-state index contributed by atoms with van der Waals surface area (Å²) in [5.41, 5.74) is 1.02. The Hall–Kier alpha value is -0.330. The first-order valence-electron chi connectivity index (χ1n) is 9.82. The third kappa shape index (κ3) is 1.80. The van der Waals surface area contributed by atoms with Crippen LogP contribution in [0.3, 0.4) is 0 Å². The fourth-order valence-corrected chi connectivity index (χ4v) is 7.89. The van der Waals surface area contributed by atoms with Gasteiger partial charge in [0.2, 0.25) is 0 Å². The summed E-state index contributed by atoms with van der Waals surface area (Å²) >= 11 is 0. The molecular weight excluding hydrogens is 268 g/mol. The summed E-state index contributed by atoms with van der Waals surface area (Å²) < 4.78 is 0. The predicted octanol–water partition coefficient (Wildman–Crippen LogP) is 5.62. The van der Waals surface area contributed by atoms with Crippen LogP contribution in [0.1, 0.15) is 85.5 Å². The van der Waals surface area contributed by atoms with Crippen molar-refractivity contribution in [2.24, 2.45) is 39.9 Å². The molecule has 1 nitrogen and oxygen atoms in total. The number of rotatable bonds is 0. The van der Waals surface area contributed by atoms with Crippen molar-refractivity contribution in [2.45, 2.75) is 85.5 Å². The Morgan fingerprint density at radius 1 is 0.864 bits per heavy atom. The Kier molecular flexibility index (Phi) is 3.18. The van der Waals surface area contributed by atoms with Crippen molar-refractivity contribution in [3.05, 3.63) is 0 Å². The van der Waals surface area contributed by atoms with Gasteiger partial charge in [0.15, 0.2) is 0 Å². The zero-order valence-corrected chi connectivity index (χ0v) is 15.1. The first-order valence-corrected chi connectivity index (χ1v) is 9.82. The lowest BCUT2D eigenvalue weighted by atomic mass is 9.41. The third-order valence-electron chi connectivity index (χ3n) is 9.13. The average Bonchev–Trinajstić information content (AvgIpc) is 2.85. The predicted molar refractivity (Wildman–Crippen MR) is 90.5 cm³/mol. The maximum Gasteiger partial charge on any atom is 0.138 e. The van der Waals surface area contributed by atoms with Crippen LogP contribution in [0.15, 0.2) is 0 Å². The molecule has 0 aromatic carbocycles. The van der Waals surface area contributed by atoms with Crippen LogP contribution in [-0.2, 0) is 4.79 Å². The normalized spacial score (nSPS) is 53.5. The van der Waals surface area contributed by atoms with Gasteiger partial charge in [-0.15, -0.1) is 0 Å². The van der Waals surface area contributed by atoms with E-state index in [9.17, 15) is 4.79 Å². The van der Waals surface area contributed by atoms with Crippen molar-refractivity contribution in [1.29, 1.82) is 0 Å². The molecular formula is C21H34O. The second kappa shape index (κ2) is 4.61. The number of hydrogen-bond acceptors (Lipinski definition) is 1. The molecule has 0 amide bonds. The van der Waals surface area contributed by atoms with Gasteiger partial charge < -0.3 is 0 Å². The number of carbonyl (C=O) groups is 1. The minimum atomic E-state index is -0.0750. The van der Waals surface area contributed by atoms with E-state index in [1.54, 1.807) is 0 Å². The highest BCUT2D eigenvalue weighted by Gasteiger charge is 2.61. The molecule has 4 fully saturated rings. The van der Waals surface area contributed by atoms with Crippen molar-refractivity contribution in [3.63, 3.8) is 0 Å². The van der Waals surface area contributed by atoms with E-state index in [1.807, 2.05) is 0 Å². The Morgan fingerprint density at radius 2 is 1.64 bits per heavy atom. The van der Waals surface area contributed by atoms with E-state index in [0.717, 1.165) is 24.2 Å². The average molecular weight is 303 g/mol. The molecule has 0 radical (unpaired) electrons. The standard InChI is InChI=1S/C21H34O/c1-19(2)17-8-7-14-15-6-5-11-20(15,3)12-9-16(14)21(17,4)13-10-18(19)22/h14-17H,5-13H2,1-4H3/t14-,15+,16-,17-,20+,21-/m0/s1. The smallest absolute Gasteiger partial charge is 0.138 e. The van der Waals surface area contributed by atoms with Crippen molar-refractivity contribution >= 4 is 5.78 Å². The minimum Gasteiger partial charge on any atom is -0.299 e. The quantitative estimate of drug-likeness (QED) is 0.567. The molecule has 0 bridgehead atoms. The number of fused-ring (bicyclic) bond motifs is 5. The van der Waals surface area contributed by atoms with Crippen LogP contribution in [0.5, 0.6) is 0 Å². The van der Waals surface area contributed by atoms with Crippen molar-refractivity contribution in [3.8, 4) is 0 Å². The van der Waals surface area contributed by atoms with E-state index in [1.165, 1.54) is 51.4 Å². The van der Waals surface area contributed by atoms with E-state index in [0.29, 0.717) is 22.5 Å². The molecule has 6 atom stereocenters. The van der Waals surface area contributed by atoms with Crippen LogP contribution in [0, 0.1) is 39.9 Å². The molecule has 0 heterocycles. The first kappa shape index (κ1) is 15.2. The minimum absolute atomic E-state index is 0.0750. The number of Topliss-reactive ketones (excluding diaryl/α,β-unsaturated/α-hetero) is 1. The summed E-state index contributed by atoms with van der Waals surface area (Å²) in [6.45, 7) is 9.66. The van der Waals surface area contributed by atoms with Gasteiger partial charge in [-0.25, -0.2) is 0 Å². The molecule has 0 unspecified atom stereocenters. The molecule has 0 spiro atoms. The molecule has 0 aliphatic heterocycles. The highest BCUT2D eigenvalue weighted by Crippen LogP contribution is 2.68. The Bertz CT molecular complexity index is 492. The van der Waals surface area contributed by atoms with Crippen LogP contribution in [-0.4, -0.2) is 5.78 Å². The lowest BCUT2D eigenvalue weighted by molar-refractivity contribution is -0.162. The van der Waals surface area contributed by atoms with Gasteiger partial charge in [-0.3, -0.25) is 4.79 Å². The fraction of sp³-hybridized carbons (Fsp3) is 0.952. The van der Waals surface area contributed by atoms with Crippen LogP contribution in [0.4, 0.5) is 0 Å². The van der Waals surface area contributed by atoms with Gasteiger partial charge in [0.1, 0.15) is 5.78 Å². The van der Waals surface area contributed by atoms with Crippen LogP contribution in [0.2, 0.25) is 0 Å². The maximum atomic E-state index is 12.5. The summed E-state index contributed by atoms with van der Waals surface area (Å²) in [5, 5.41) is 0. The molecule has 0 aromatic rings. The van der Waals surface area contributed by atoms with Crippen molar-refractivity contribution < 1.29 is 4.79 Å². The Labute approximate surface area is 136 Å². The monoisotopic (exact) mass is 302 g/mol. The molecule has 124 valence electrons. The number of carbonyl (C=O) groups excluding carboxylic acids is 1. The molecule has 0 saturated heterocycles. The second-order valence-electron chi connectivity index (χ2n) is 10.2. The van der Waals surface area contributed by atoms with Crippen LogP contribution >= 0.6 is 0 Å². The molecule has 22 heavy (non-hydrogen) atoms. The molecule has 4 rings (SSSR count). The molecule has 4 aliphatic rings. The molecule has 0 N–H and O–H groups in total. The number of hydrogen-bond donors (Lipinski definition) is 0. The molecule has 4 aliphatic carbocycles. The van der Waals surface area contributed by atoms with Gasteiger partial charge in [0, 0.05) is 11.8 Å². The molecule has 4 saturated carbocycles. The number of ketones is 1. The zero-order valence-electron chi connectivity index (χ0n) is 15.1. The van der Waals surface area contributed by atoms with Gasteiger partial charge in [0.05, 0.1) is 0 Å². The van der Waals surface area contributed by atoms with E-state index in [-0.39, 0.29) is 5.41 Å². The molecule has 1 heteroatoms. The first-order chi connectivity index (χ1) is 10.3. The van der Waals surface area contributed by atoms with Crippen molar-refractivity contribution in [1.82, 2.24) is 0 Å². The van der Waals surface area contributed by atoms with Gasteiger partial charge in [-0.05, 0) is 79.4 Å². The van der Waals surface area contributed by atoms with E-state index in [4.69, 9.17) is 0 Å². The SMILES string of the molecule is CC1(C)C(=O)CC[C@@]2(C)[C@H]3CC[C@@]4(C)CCC[C@@H]4[C@@H]3CC[C@@H]12. The topological polar surface area (TPSA) is 17.1 Å². The van der Waals surface area contributed by atoms with E-state index in [2.05, 4.69) is 27.7 Å². The van der Waals surface area contributed by atoms with Gasteiger partial charge in [0.25, 0.3) is 0 Å². The van der Waals surface area contributed by atoms with Crippen LogP contribution < -0.4 is 0 Å². The summed E-state index contributed by atoms with van der Waals surface area (Å²) in [6.07, 6.45) is 12.0. The van der Waals surface area contributed by atoms with Gasteiger partial charge in [-0.1, -0.05) is 34.1 Å². The van der Waals surface area contributed by atoms with Gasteiger partial charge >= 0.3 is 0 Å². The highest BCUT2D eigenvalue weighted by atomic mass is 16.1. The summed E-state index contributed by atoms with van der Waals surface area (Å²) in [4.78, 5) is 12.5. The summed E-state index contributed by atoms with van der Waals surface area (Å²) in [7, 11) is 0. The van der Waals surface area contributed by atoms with Crippen LogP contribution in [0.25, 0.3) is 0 Å². The molecule has 0 aromatic heterocycles. The van der Waals surface area contributed by atoms with Crippen molar-refractivity contribution in [2.75, 3.05) is 0 Å². The highest BCUT2D eigenvalue weighted by molar-refractivity contribution is 5.85. The van der Waals surface area contributed by atoms with Gasteiger partial charge in [-0.2, -0.15) is 0 Å². The Morgan fingerprint density at radius 3 is 2.41 bits per heavy atom. The van der Waals surface area contributed by atoms with E-state index >= 15 is 0 Å². The summed E-state index contributed by atoms with van der Waals surface area (Å²) in [5.74, 6) is 4.02. The third-order valence-corrected chi connectivity index (χ3v) is 9.13. The second-order valence-corrected chi connectivity index (χ2v) is 10.2. The largest absolute Gasteiger partial charge is 0.299 e. The van der Waals surface area contributed by atoms with E-state index < -0.39 is 0 Å². The zero-order chi connectivity index (χ0) is 15.8. The fourth-order valence-electron chi connectivity index (χ4n) is 7.89.